The van der Waals surface area contributed by atoms with Gasteiger partial charge in [0.05, 0.1) is 11.8 Å². The second kappa shape index (κ2) is 5.65. The first-order valence-corrected chi connectivity index (χ1v) is 6.62. The number of rotatable bonds is 2. The number of aliphatic hydroxyl groups excluding tert-OH is 1. The van der Waals surface area contributed by atoms with Gasteiger partial charge in [0.1, 0.15) is 0 Å². The van der Waals surface area contributed by atoms with E-state index in [1.807, 2.05) is 6.92 Å². The third-order valence-corrected chi connectivity index (χ3v) is 3.65. The average Bonchev–Trinajstić information content (AvgIpc) is 2.72. The molecule has 0 spiro atoms. The number of hydrogen-bond donors (Lipinski definition) is 2. The van der Waals surface area contributed by atoms with Crippen LogP contribution in [0.4, 0.5) is 0 Å². The van der Waals surface area contributed by atoms with Gasteiger partial charge in [0.2, 0.25) is 0 Å². The van der Waals surface area contributed by atoms with Crippen molar-refractivity contribution in [2.45, 2.75) is 32.8 Å². The lowest BCUT2D eigenvalue weighted by atomic mass is 10.1. The predicted molar refractivity (Wildman–Crippen MR) is 70.4 cm³/mol. The predicted octanol–water partition coefficient (Wildman–Crippen LogP) is 0.781. The minimum atomic E-state index is -0.345. The molecule has 1 aliphatic heterocycles. The van der Waals surface area contributed by atoms with E-state index >= 15 is 0 Å². The van der Waals surface area contributed by atoms with E-state index in [1.165, 1.54) is 11.3 Å². The summed E-state index contributed by atoms with van der Waals surface area (Å²) < 4.78 is 0. The van der Waals surface area contributed by atoms with Crippen LogP contribution in [0.25, 0.3) is 0 Å². The van der Waals surface area contributed by atoms with Crippen LogP contribution in [0, 0.1) is 0 Å². The first-order chi connectivity index (χ1) is 8.24. The van der Waals surface area contributed by atoms with Gasteiger partial charge >= 0.3 is 0 Å². The fraction of sp³-hybridized carbons (Fsp3) is 0.769. The summed E-state index contributed by atoms with van der Waals surface area (Å²) in [4.78, 5) is 6.88. The standard InChI is InChI=1S/C13H23N3O/c1-3-15-13-11(4-5-12(13)17)10(2)16-8-6-14-7-9-16/h12,14,17H,3-9H2,1-2H3/b11-10+,15-13+. The Kier molecular flexibility index (Phi) is 4.18. The van der Waals surface area contributed by atoms with Crippen molar-refractivity contribution in [2.75, 3.05) is 32.7 Å². The van der Waals surface area contributed by atoms with E-state index in [0.717, 1.165) is 51.3 Å². The van der Waals surface area contributed by atoms with Crippen LogP contribution < -0.4 is 5.32 Å². The summed E-state index contributed by atoms with van der Waals surface area (Å²) in [5.74, 6) is 0. The normalized spacial score (nSPS) is 31.1. The highest BCUT2D eigenvalue weighted by Gasteiger charge is 2.28. The number of piperazine rings is 1. The average molecular weight is 237 g/mol. The molecule has 17 heavy (non-hydrogen) atoms. The summed E-state index contributed by atoms with van der Waals surface area (Å²) in [6.45, 7) is 9.17. The third-order valence-electron chi connectivity index (χ3n) is 3.65. The molecule has 0 aromatic heterocycles. The van der Waals surface area contributed by atoms with Crippen molar-refractivity contribution in [2.24, 2.45) is 4.99 Å². The SMILES string of the molecule is CC/N=C1\C(=C(/C)N2CCNCC2)CCC1O. The van der Waals surface area contributed by atoms with Crippen molar-refractivity contribution in [3.05, 3.63) is 11.3 Å². The number of nitrogens with zero attached hydrogens (tertiary/aromatic N) is 2. The molecule has 0 aromatic rings. The molecule has 1 atom stereocenters. The van der Waals surface area contributed by atoms with Gasteiger partial charge in [-0.25, -0.2) is 0 Å². The molecule has 2 N–H and O–H groups in total. The highest BCUT2D eigenvalue weighted by Crippen LogP contribution is 2.27. The minimum absolute atomic E-state index is 0.345. The Morgan fingerprint density at radius 1 is 1.47 bits per heavy atom. The van der Waals surface area contributed by atoms with Gasteiger partial charge in [0, 0.05) is 38.4 Å². The fourth-order valence-electron chi connectivity index (χ4n) is 2.68. The maximum Gasteiger partial charge on any atom is 0.0962 e. The molecular weight excluding hydrogens is 214 g/mol. The summed E-state index contributed by atoms with van der Waals surface area (Å²) in [5.41, 5.74) is 3.53. The lowest BCUT2D eigenvalue weighted by Crippen LogP contribution is -2.43. The molecule has 96 valence electrons. The van der Waals surface area contributed by atoms with Crippen molar-refractivity contribution >= 4 is 5.71 Å². The molecule has 0 radical (unpaired) electrons. The maximum atomic E-state index is 9.94. The molecule has 1 aliphatic carbocycles. The van der Waals surface area contributed by atoms with E-state index < -0.39 is 0 Å². The van der Waals surface area contributed by atoms with Crippen molar-refractivity contribution in [3.63, 3.8) is 0 Å². The highest BCUT2D eigenvalue weighted by atomic mass is 16.3. The largest absolute Gasteiger partial charge is 0.387 e. The molecule has 2 aliphatic rings. The molecule has 1 saturated carbocycles. The third kappa shape index (κ3) is 2.69. The Morgan fingerprint density at radius 3 is 2.82 bits per heavy atom. The lowest BCUT2D eigenvalue weighted by Gasteiger charge is -2.31. The second-order valence-electron chi connectivity index (χ2n) is 4.72. The van der Waals surface area contributed by atoms with Crippen LogP contribution in [0.2, 0.25) is 0 Å². The first-order valence-electron chi connectivity index (χ1n) is 6.62. The molecule has 0 bridgehead atoms. The molecular formula is C13H23N3O. The summed E-state index contributed by atoms with van der Waals surface area (Å²) in [6.07, 6.45) is 1.45. The number of allylic oxidation sites excluding steroid dienone is 1. The van der Waals surface area contributed by atoms with Crippen LogP contribution in [-0.2, 0) is 0 Å². The van der Waals surface area contributed by atoms with Crippen molar-refractivity contribution in [1.29, 1.82) is 0 Å². The number of nitrogens with one attached hydrogen (secondary N) is 1. The van der Waals surface area contributed by atoms with Crippen molar-refractivity contribution in [1.82, 2.24) is 10.2 Å². The topological polar surface area (TPSA) is 47.9 Å². The highest BCUT2D eigenvalue weighted by molar-refractivity contribution is 6.05. The van der Waals surface area contributed by atoms with Gasteiger partial charge < -0.3 is 15.3 Å². The van der Waals surface area contributed by atoms with E-state index in [9.17, 15) is 5.11 Å². The molecule has 1 saturated heterocycles. The monoisotopic (exact) mass is 237 g/mol. The van der Waals surface area contributed by atoms with E-state index in [4.69, 9.17) is 0 Å². The van der Waals surface area contributed by atoms with E-state index in [1.54, 1.807) is 0 Å². The van der Waals surface area contributed by atoms with E-state index in [0.29, 0.717) is 0 Å². The van der Waals surface area contributed by atoms with Crippen LogP contribution in [-0.4, -0.2) is 54.5 Å². The Bertz CT molecular complexity index is 330. The van der Waals surface area contributed by atoms with Gasteiger partial charge in [0.15, 0.2) is 0 Å². The number of hydrogen-bond acceptors (Lipinski definition) is 4. The molecule has 0 amide bonds. The maximum absolute atomic E-state index is 9.94. The zero-order chi connectivity index (χ0) is 12.3. The van der Waals surface area contributed by atoms with Crippen LogP contribution in [0.15, 0.2) is 16.3 Å². The second-order valence-corrected chi connectivity index (χ2v) is 4.72. The summed E-state index contributed by atoms with van der Waals surface area (Å²) in [5, 5.41) is 13.3. The fourth-order valence-corrected chi connectivity index (χ4v) is 2.68. The summed E-state index contributed by atoms with van der Waals surface area (Å²) in [7, 11) is 0. The Morgan fingerprint density at radius 2 is 2.18 bits per heavy atom. The van der Waals surface area contributed by atoms with Gasteiger partial charge in [-0.15, -0.1) is 0 Å². The van der Waals surface area contributed by atoms with Gasteiger partial charge in [-0.3, -0.25) is 4.99 Å². The lowest BCUT2D eigenvalue weighted by molar-refractivity contribution is 0.242. The van der Waals surface area contributed by atoms with E-state index in [-0.39, 0.29) is 6.10 Å². The van der Waals surface area contributed by atoms with Crippen molar-refractivity contribution in [3.8, 4) is 0 Å². The van der Waals surface area contributed by atoms with Crippen LogP contribution in [0.3, 0.4) is 0 Å². The van der Waals surface area contributed by atoms with Gasteiger partial charge in [-0.1, -0.05) is 0 Å². The Balaban J connectivity index is 2.20. The Hall–Kier alpha value is -0.870. The zero-order valence-electron chi connectivity index (χ0n) is 10.9. The smallest absolute Gasteiger partial charge is 0.0962 e. The van der Waals surface area contributed by atoms with Crippen LogP contribution >= 0.6 is 0 Å². The molecule has 0 aromatic carbocycles. The van der Waals surface area contributed by atoms with Crippen molar-refractivity contribution < 1.29 is 5.11 Å². The van der Waals surface area contributed by atoms with Crippen LogP contribution in [0.5, 0.6) is 0 Å². The molecule has 2 rings (SSSR count). The van der Waals surface area contributed by atoms with E-state index in [2.05, 4.69) is 22.1 Å². The minimum Gasteiger partial charge on any atom is -0.387 e. The van der Waals surface area contributed by atoms with Crippen LogP contribution in [0.1, 0.15) is 26.7 Å². The molecule has 1 unspecified atom stereocenters. The summed E-state index contributed by atoms with van der Waals surface area (Å²) >= 11 is 0. The first kappa shape index (κ1) is 12.6. The summed E-state index contributed by atoms with van der Waals surface area (Å²) in [6, 6.07) is 0. The molecule has 1 heterocycles. The van der Waals surface area contributed by atoms with Gasteiger partial charge in [0.25, 0.3) is 0 Å². The molecule has 2 fully saturated rings. The number of aliphatic hydroxyl groups is 1. The zero-order valence-corrected chi connectivity index (χ0v) is 10.9. The number of aliphatic imine (C=N–C) groups is 1. The van der Waals surface area contributed by atoms with Gasteiger partial charge in [-0.05, 0) is 32.3 Å². The quantitative estimate of drug-likeness (QED) is 0.746. The molecule has 4 heteroatoms. The Labute approximate surface area is 103 Å². The van der Waals surface area contributed by atoms with Gasteiger partial charge in [-0.2, -0.15) is 0 Å². The molecule has 4 nitrogen and oxygen atoms in total.